The zero-order valence-electron chi connectivity index (χ0n) is 15.5. The van der Waals surface area contributed by atoms with Crippen molar-refractivity contribution in [3.05, 3.63) is 24.3 Å². The van der Waals surface area contributed by atoms with E-state index in [1.54, 1.807) is 18.2 Å². The Morgan fingerprint density at radius 3 is 2.23 bits per heavy atom. The van der Waals surface area contributed by atoms with Crippen LogP contribution >= 0.6 is 0 Å². The van der Waals surface area contributed by atoms with Crippen molar-refractivity contribution in [1.82, 2.24) is 5.32 Å². The number of esters is 1. The lowest BCUT2D eigenvalue weighted by Crippen LogP contribution is -2.38. The van der Waals surface area contributed by atoms with E-state index in [2.05, 4.69) is 5.32 Å². The highest BCUT2D eigenvalue weighted by molar-refractivity contribution is 5.81. The molecular formula is C20H29NO5. The number of hydrogen-bond donors (Lipinski definition) is 1. The number of amides is 1. The predicted molar refractivity (Wildman–Crippen MR) is 98.3 cm³/mol. The molecule has 26 heavy (non-hydrogen) atoms. The average molecular weight is 363 g/mol. The fourth-order valence-electron chi connectivity index (χ4n) is 3.04. The molecule has 6 heteroatoms. The summed E-state index contributed by atoms with van der Waals surface area (Å²) in [6, 6.07) is 7.31. The first-order valence-corrected chi connectivity index (χ1v) is 9.48. The summed E-state index contributed by atoms with van der Waals surface area (Å²) in [4.78, 5) is 23.8. The number of nitrogens with one attached hydrogen (secondary N) is 1. The second-order valence-electron chi connectivity index (χ2n) is 6.44. The van der Waals surface area contributed by atoms with Crippen LogP contribution in [0.4, 0.5) is 0 Å². The average Bonchev–Trinajstić information content (AvgIpc) is 2.61. The number of hydrogen-bond acceptors (Lipinski definition) is 5. The van der Waals surface area contributed by atoms with Crippen LogP contribution in [0.15, 0.2) is 24.3 Å². The SMILES string of the molecule is CCOc1ccccc1OCC(=O)OCC(=O)NC1CCCCCCC1. The minimum absolute atomic E-state index is 0.191. The minimum atomic E-state index is -0.580. The monoisotopic (exact) mass is 363 g/mol. The topological polar surface area (TPSA) is 73.9 Å². The van der Waals surface area contributed by atoms with Gasteiger partial charge in [0.1, 0.15) is 0 Å². The summed E-state index contributed by atoms with van der Waals surface area (Å²) >= 11 is 0. The molecule has 0 atom stereocenters. The lowest BCUT2D eigenvalue weighted by atomic mass is 9.97. The molecule has 0 aromatic heterocycles. The summed E-state index contributed by atoms with van der Waals surface area (Å²) in [6.45, 7) is 1.85. The Morgan fingerprint density at radius 2 is 1.58 bits per heavy atom. The zero-order valence-corrected chi connectivity index (χ0v) is 15.5. The molecule has 0 spiro atoms. The second-order valence-corrected chi connectivity index (χ2v) is 6.44. The van der Waals surface area contributed by atoms with Crippen LogP contribution in [0.3, 0.4) is 0 Å². The molecule has 1 aromatic carbocycles. The van der Waals surface area contributed by atoms with Crippen LogP contribution in [0, 0.1) is 0 Å². The fourth-order valence-corrected chi connectivity index (χ4v) is 3.04. The molecule has 1 N–H and O–H groups in total. The molecule has 6 nitrogen and oxygen atoms in total. The Balaban J connectivity index is 1.68. The molecule has 1 aliphatic carbocycles. The largest absolute Gasteiger partial charge is 0.490 e. The Bertz CT molecular complexity index is 567. The van der Waals surface area contributed by atoms with E-state index in [4.69, 9.17) is 14.2 Å². The number of carbonyl (C=O) groups excluding carboxylic acids is 2. The van der Waals surface area contributed by atoms with Gasteiger partial charge < -0.3 is 19.5 Å². The van der Waals surface area contributed by atoms with Crippen molar-refractivity contribution in [2.24, 2.45) is 0 Å². The Kier molecular flexibility index (Phi) is 8.79. The summed E-state index contributed by atoms with van der Waals surface area (Å²) in [5, 5.41) is 2.96. The number of ether oxygens (including phenoxy) is 3. The van der Waals surface area contributed by atoms with Gasteiger partial charge in [0.05, 0.1) is 6.61 Å². The minimum Gasteiger partial charge on any atom is -0.490 e. The number of carbonyl (C=O) groups is 2. The molecule has 0 heterocycles. The van der Waals surface area contributed by atoms with Gasteiger partial charge in [-0.1, -0.05) is 44.2 Å². The van der Waals surface area contributed by atoms with Gasteiger partial charge in [-0.3, -0.25) is 4.79 Å². The van der Waals surface area contributed by atoms with Gasteiger partial charge in [-0.25, -0.2) is 4.79 Å². The standard InChI is InChI=1S/C20H29NO5/c1-2-24-17-12-8-9-13-18(17)25-15-20(23)26-14-19(22)21-16-10-6-4-3-5-7-11-16/h8-9,12-13,16H,2-7,10-11,14-15H2,1H3,(H,21,22). The van der Waals surface area contributed by atoms with Crippen LogP contribution in [0.1, 0.15) is 51.9 Å². The molecule has 0 radical (unpaired) electrons. The lowest BCUT2D eigenvalue weighted by molar-refractivity contribution is -0.150. The molecule has 1 amide bonds. The summed E-state index contributed by atoms with van der Waals surface area (Å²) in [7, 11) is 0. The van der Waals surface area contributed by atoms with E-state index in [-0.39, 0.29) is 25.2 Å². The van der Waals surface area contributed by atoms with Crippen LogP contribution in [0.25, 0.3) is 0 Å². The maximum atomic E-state index is 12.0. The van der Waals surface area contributed by atoms with E-state index in [0.29, 0.717) is 18.1 Å². The Morgan fingerprint density at radius 1 is 0.962 bits per heavy atom. The van der Waals surface area contributed by atoms with E-state index in [1.807, 2.05) is 13.0 Å². The molecule has 2 rings (SSSR count). The number of benzene rings is 1. The third-order valence-electron chi connectivity index (χ3n) is 4.33. The van der Waals surface area contributed by atoms with Crippen molar-refractivity contribution in [1.29, 1.82) is 0 Å². The van der Waals surface area contributed by atoms with Crippen LogP contribution in [-0.2, 0) is 14.3 Å². The third kappa shape index (κ3) is 7.33. The van der Waals surface area contributed by atoms with E-state index in [9.17, 15) is 9.59 Å². The van der Waals surface area contributed by atoms with Gasteiger partial charge in [0.25, 0.3) is 5.91 Å². The molecular weight excluding hydrogens is 334 g/mol. The van der Waals surface area contributed by atoms with Gasteiger partial charge in [-0.2, -0.15) is 0 Å². The summed E-state index contributed by atoms with van der Waals surface area (Å²) in [5.41, 5.74) is 0. The first-order valence-electron chi connectivity index (χ1n) is 9.48. The maximum Gasteiger partial charge on any atom is 0.344 e. The molecule has 0 aliphatic heterocycles. The van der Waals surface area contributed by atoms with E-state index < -0.39 is 5.97 Å². The Labute approximate surface area is 155 Å². The van der Waals surface area contributed by atoms with E-state index >= 15 is 0 Å². The molecule has 0 saturated heterocycles. The van der Waals surface area contributed by atoms with Crippen molar-refractivity contribution in [3.8, 4) is 11.5 Å². The quantitative estimate of drug-likeness (QED) is 0.718. The van der Waals surface area contributed by atoms with Crippen molar-refractivity contribution in [3.63, 3.8) is 0 Å². The molecule has 1 aliphatic rings. The third-order valence-corrected chi connectivity index (χ3v) is 4.33. The molecule has 0 unspecified atom stereocenters. The van der Waals surface area contributed by atoms with Gasteiger partial charge in [0, 0.05) is 6.04 Å². The lowest BCUT2D eigenvalue weighted by Gasteiger charge is -2.20. The van der Waals surface area contributed by atoms with E-state index in [0.717, 1.165) is 25.7 Å². The van der Waals surface area contributed by atoms with E-state index in [1.165, 1.54) is 19.3 Å². The van der Waals surface area contributed by atoms with Gasteiger partial charge >= 0.3 is 5.97 Å². The van der Waals surface area contributed by atoms with Crippen LogP contribution in [0.5, 0.6) is 11.5 Å². The van der Waals surface area contributed by atoms with Crippen LogP contribution in [-0.4, -0.2) is 37.7 Å². The van der Waals surface area contributed by atoms with Crippen molar-refractivity contribution in [2.75, 3.05) is 19.8 Å². The first kappa shape index (κ1) is 20.1. The summed E-state index contributed by atoms with van der Waals surface area (Å²) < 4.78 is 15.9. The smallest absolute Gasteiger partial charge is 0.344 e. The highest BCUT2D eigenvalue weighted by Crippen LogP contribution is 2.26. The van der Waals surface area contributed by atoms with Crippen molar-refractivity contribution >= 4 is 11.9 Å². The predicted octanol–water partition coefficient (Wildman–Crippen LogP) is 3.24. The summed E-state index contributed by atoms with van der Waals surface area (Å²) in [6.07, 6.45) is 8.00. The van der Waals surface area contributed by atoms with Crippen molar-refractivity contribution < 1.29 is 23.8 Å². The van der Waals surface area contributed by atoms with Gasteiger partial charge in [0.15, 0.2) is 24.7 Å². The maximum absolute atomic E-state index is 12.0. The molecule has 1 aromatic rings. The molecule has 0 bridgehead atoms. The Hall–Kier alpha value is -2.24. The van der Waals surface area contributed by atoms with Gasteiger partial charge in [-0.05, 0) is 31.9 Å². The van der Waals surface area contributed by atoms with Crippen LogP contribution in [0.2, 0.25) is 0 Å². The normalized spacial score (nSPS) is 15.4. The molecule has 1 fully saturated rings. The number of rotatable bonds is 8. The van der Waals surface area contributed by atoms with Crippen molar-refractivity contribution in [2.45, 2.75) is 57.9 Å². The van der Waals surface area contributed by atoms with Gasteiger partial charge in [-0.15, -0.1) is 0 Å². The molecule has 1 saturated carbocycles. The highest BCUT2D eigenvalue weighted by atomic mass is 16.6. The first-order chi connectivity index (χ1) is 12.7. The summed E-state index contributed by atoms with van der Waals surface area (Å²) in [5.74, 6) is 0.220. The molecule has 144 valence electrons. The fraction of sp³-hybridized carbons (Fsp3) is 0.600. The number of para-hydroxylation sites is 2. The van der Waals surface area contributed by atoms with Gasteiger partial charge in [0.2, 0.25) is 0 Å². The van der Waals surface area contributed by atoms with Crippen LogP contribution < -0.4 is 14.8 Å². The second kappa shape index (κ2) is 11.4. The zero-order chi connectivity index (χ0) is 18.6. The highest BCUT2D eigenvalue weighted by Gasteiger charge is 2.15.